The Morgan fingerprint density at radius 2 is 1.15 bits per heavy atom. The van der Waals surface area contributed by atoms with Gasteiger partial charge in [0.1, 0.15) is 13.0 Å². The van der Waals surface area contributed by atoms with Crippen molar-refractivity contribution in [1.82, 2.24) is 0 Å². The third-order valence-electron chi connectivity index (χ3n) is 4.31. The van der Waals surface area contributed by atoms with E-state index < -0.39 is 6.95 Å². The van der Waals surface area contributed by atoms with Gasteiger partial charge in [0.2, 0.25) is 0 Å². The molecular formula is C18H39P2+. The van der Waals surface area contributed by atoms with Crippen molar-refractivity contribution in [3.05, 3.63) is 0 Å². The van der Waals surface area contributed by atoms with Crippen molar-refractivity contribution < 1.29 is 0 Å². The number of hydrogen-bond acceptors (Lipinski definition) is 0. The molecule has 1 rings (SSSR count). The molecule has 0 spiro atoms. The highest BCUT2D eigenvalue weighted by Crippen LogP contribution is 3.16. The molecule has 20 heavy (non-hydrogen) atoms. The quantitative estimate of drug-likeness (QED) is 0.441. The van der Waals surface area contributed by atoms with Gasteiger partial charge in [-0.1, -0.05) is 62.3 Å². The van der Waals surface area contributed by atoms with Gasteiger partial charge in [-0.2, -0.15) is 0 Å². The minimum absolute atomic E-state index is 0.168. The molecule has 0 radical (unpaired) electrons. The van der Waals surface area contributed by atoms with Gasteiger partial charge >= 0.3 is 0 Å². The Morgan fingerprint density at radius 1 is 0.750 bits per heavy atom. The van der Waals surface area contributed by atoms with Gasteiger partial charge in [0.15, 0.2) is 0 Å². The molecule has 0 amide bonds. The highest BCUT2D eigenvalue weighted by molar-refractivity contribution is 8.56. The fourth-order valence-corrected chi connectivity index (χ4v) is 26.6. The molecule has 0 bridgehead atoms. The van der Waals surface area contributed by atoms with Crippen molar-refractivity contribution in [2.75, 3.05) is 6.16 Å². The van der Waals surface area contributed by atoms with Crippen molar-refractivity contribution in [2.24, 2.45) is 10.8 Å². The normalized spacial score (nSPS) is 32.4. The zero-order chi connectivity index (χ0) is 16.4. The molecule has 1 heterocycles. The zero-order valence-electron chi connectivity index (χ0n) is 16.2. The van der Waals surface area contributed by atoms with Gasteiger partial charge in [0.05, 0.1) is 18.3 Å². The fraction of sp³-hybridized carbons (Fsp3) is 1.00. The summed E-state index contributed by atoms with van der Waals surface area (Å²) in [4.78, 5) is 0. The summed E-state index contributed by atoms with van der Waals surface area (Å²) in [5.41, 5.74) is 0.943. The Balaban J connectivity index is 3.37. The highest BCUT2D eigenvalue weighted by Gasteiger charge is 2.84. The van der Waals surface area contributed by atoms with Crippen LogP contribution in [0.4, 0.5) is 0 Å². The summed E-state index contributed by atoms with van der Waals surface area (Å²) in [6.45, 7) is 29.1. The first-order valence-corrected chi connectivity index (χ1v) is 12.3. The van der Waals surface area contributed by atoms with Crippen LogP contribution in [0.1, 0.15) is 83.1 Å². The van der Waals surface area contributed by atoms with Gasteiger partial charge in [0, 0.05) is 10.6 Å². The Kier molecular flexibility index (Phi) is 4.66. The van der Waals surface area contributed by atoms with Crippen LogP contribution in [0.25, 0.3) is 0 Å². The standard InChI is InChI=1S/C18H39P2/c1-15(2,3)13-20(18(10,11)12)14(16(4,5)6)19(20)17(7,8)9/h14H,13H2,1-12H3/q+1/t14-,19-,20?/m0/s1. The first-order valence-electron chi connectivity index (χ1n) is 8.12. The van der Waals surface area contributed by atoms with E-state index in [0.717, 1.165) is 5.40 Å². The van der Waals surface area contributed by atoms with Gasteiger partial charge in [0.25, 0.3) is 0 Å². The third-order valence-corrected chi connectivity index (χ3v) is 21.4. The lowest BCUT2D eigenvalue weighted by Crippen LogP contribution is -2.26. The monoisotopic (exact) mass is 317 g/mol. The van der Waals surface area contributed by atoms with E-state index in [4.69, 9.17) is 0 Å². The van der Waals surface area contributed by atoms with Gasteiger partial charge in [-0.05, 0) is 26.2 Å². The lowest BCUT2D eigenvalue weighted by Gasteiger charge is -2.34. The van der Waals surface area contributed by atoms with Gasteiger partial charge in [-0.3, -0.25) is 0 Å². The maximum atomic E-state index is 2.54. The summed E-state index contributed by atoms with van der Waals surface area (Å²) >= 11 is 0. The van der Waals surface area contributed by atoms with Gasteiger partial charge < -0.3 is 0 Å². The Morgan fingerprint density at radius 3 is 1.30 bits per heavy atom. The van der Waals surface area contributed by atoms with Crippen LogP contribution in [0.2, 0.25) is 0 Å². The van der Waals surface area contributed by atoms with Crippen LogP contribution in [0.3, 0.4) is 0 Å². The van der Waals surface area contributed by atoms with Crippen molar-refractivity contribution in [3.63, 3.8) is 0 Å². The lowest BCUT2D eigenvalue weighted by atomic mass is 10.00. The van der Waals surface area contributed by atoms with Gasteiger partial charge in [-0.15, -0.1) is 0 Å². The predicted molar refractivity (Wildman–Crippen MR) is 101 cm³/mol. The van der Waals surface area contributed by atoms with E-state index in [-0.39, 0.29) is 7.61 Å². The molecule has 0 aliphatic carbocycles. The second-order valence-electron chi connectivity index (χ2n) is 11.0. The van der Waals surface area contributed by atoms with E-state index in [1.165, 1.54) is 6.16 Å². The SMILES string of the molecule is CC(C)(C)C[P+]1(C(C)(C)C)[C@@H](C(C)(C)C)[P@@]1C(C)(C)C. The highest BCUT2D eigenvalue weighted by atomic mass is 32.1. The Hall–Kier alpha value is 0.860. The van der Waals surface area contributed by atoms with Crippen molar-refractivity contribution in [2.45, 2.75) is 98.8 Å². The zero-order valence-corrected chi connectivity index (χ0v) is 18.0. The largest absolute Gasteiger partial charge is 0.132 e. The summed E-state index contributed by atoms with van der Waals surface area (Å²) in [7, 11) is 0.168. The van der Waals surface area contributed by atoms with Crippen LogP contribution >= 0.6 is 14.6 Å². The fourth-order valence-electron chi connectivity index (χ4n) is 4.01. The Labute approximate surface area is 130 Å². The average molecular weight is 317 g/mol. The van der Waals surface area contributed by atoms with E-state index in [0.29, 0.717) is 21.1 Å². The second kappa shape index (κ2) is 4.93. The molecule has 0 saturated carbocycles. The number of rotatable bonds is 1. The second-order valence-corrected chi connectivity index (χ2v) is 21.2. The first-order chi connectivity index (χ1) is 8.45. The van der Waals surface area contributed by atoms with Crippen LogP contribution < -0.4 is 0 Å². The first kappa shape index (κ1) is 18.9. The minimum Gasteiger partial charge on any atom is -0.0567 e. The average Bonchev–Trinajstić information content (AvgIpc) is 2.67. The molecule has 0 aromatic carbocycles. The van der Waals surface area contributed by atoms with Crippen molar-refractivity contribution >= 4 is 14.6 Å². The minimum atomic E-state index is -0.896. The van der Waals surface area contributed by atoms with Crippen molar-refractivity contribution in [1.29, 1.82) is 0 Å². The Bertz CT molecular complexity index is 335. The molecule has 1 saturated heterocycles. The lowest BCUT2D eigenvalue weighted by molar-refractivity contribution is 0.444. The summed E-state index contributed by atoms with van der Waals surface area (Å²) in [6.07, 6.45) is 1.48. The molecule has 120 valence electrons. The molecule has 3 atom stereocenters. The topological polar surface area (TPSA) is 0 Å². The molecule has 1 fully saturated rings. The smallest absolute Gasteiger partial charge is 0.0567 e. The van der Waals surface area contributed by atoms with E-state index in [1.54, 1.807) is 0 Å². The van der Waals surface area contributed by atoms with Crippen LogP contribution in [-0.2, 0) is 0 Å². The summed E-state index contributed by atoms with van der Waals surface area (Å²) in [6, 6.07) is 0. The molecule has 2 heteroatoms. The van der Waals surface area contributed by atoms with Crippen LogP contribution in [-0.4, -0.2) is 21.9 Å². The van der Waals surface area contributed by atoms with Crippen molar-refractivity contribution in [3.8, 4) is 0 Å². The maximum Gasteiger partial charge on any atom is 0.132 e. The van der Waals surface area contributed by atoms with Crippen LogP contribution in [0.15, 0.2) is 0 Å². The molecule has 0 N–H and O–H groups in total. The number of hydrogen-bond donors (Lipinski definition) is 0. The molecule has 0 nitrogen and oxygen atoms in total. The van der Waals surface area contributed by atoms with E-state index in [2.05, 4.69) is 83.1 Å². The predicted octanol–water partition coefficient (Wildman–Crippen LogP) is 7.43. The summed E-state index contributed by atoms with van der Waals surface area (Å²) < 4.78 is 0. The summed E-state index contributed by atoms with van der Waals surface area (Å²) in [5.74, 6) is 0. The van der Waals surface area contributed by atoms with Crippen LogP contribution in [0.5, 0.6) is 0 Å². The van der Waals surface area contributed by atoms with E-state index >= 15 is 0 Å². The molecule has 0 aromatic heterocycles. The third kappa shape index (κ3) is 3.43. The van der Waals surface area contributed by atoms with E-state index in [9.17, 15) is 0 Å². The molecule has 1 aliphatic heterocycles. The van der Waals surface area contributed by atoms with Gasteiger partial charge in [-0.25, -0.2) is 0 Å². The molecule has 0 aromatic rings. The maximum absolute atomic E-state index is 2.54. The summed E-state index contributed by atoms with van der Waals surface area (Å²) in [5, 5.41) is 2.03. The van der Waals surface area contributed by atoms with E-state index in [1.807, 2.05) is 0 Å². The molecular weight excluding hydrogens is 278 g/mol. The molecule has 1 unspecified atom stereocenters. The van der Waals surface area contributed by atoms with Crippen LogP contribution in [0, 0.1) is 10.8 Å². The molecule has 1 aliphatic rings.